The van der Waals surface area contributed by atoms with Crippen molar-refractivity contribution in [3.63, 3.8) is 0 Å². The van der Waals surface area contributed by atoms with Gasteiger partial charge in [-0.25, -0.2) is 8.42 Å². The number of rotatable bonds is 19. The van der Waals surface area contributed by atoms with Crippen molar-refractivity contribution in [2.24, 2.45) is 0 Å². The topological polar surface area (TPSA) is 66.4 Å². The molecule has 0 aliphatic heterocycles. The summed E-state index contributed by atoms with van der Waals surface area (Å²) in [6.45, 7) is 8.51. The molecule has 30 heavy (non-hydrogen) atoms. The summed E-state index contributed by atoms with van der Waals surface area (Å²) in [5.74, 6) is 0. The second-order valence-electron chi connectivity index (χ2n) is 8.73. The third-order valence-electron chi connectivity index (χ3n) is 5.39. The average molecular weight is 450 g/mol. The van der Waals surface area contributed by atoms with Gasteiger partial charge in [0.2, 0.25) is 10.4 Å². The van der Waals surface area contributed by atoms with Gasteiger partial charge in [0.1, 0.15) is 0 Å². The summed E-state index contributed by atoms with van der Waals surface area (Å²) in [7, 11) is 0.265. The van der Waals surface area contributed by atoms with E-state index in [0.717, 1.165) is 0 Å². The molecule has 0 aromatic carbocycles. The lowest BCUT2D eigenvalue weighted by Gasteiger charge is -2.28. The zero-order valence-electron chi connectivity index (χ0n) is 20.7. The second kappa shape index (κ2) is 21.8. The molecule has 5 nitrogen and oxygen atoms in total. The molecule has 0 unspecified atom stereocenters. The Morgan fingerprint density at radius 2 is 1.17 bits per heavy atom. The number of hydrogen-bond acceptors (Lipinski definition) is 4. The lowest BCUT2D eigenvalue weighted by molar-refractivity contribution is -0.888. The molecule has 182 valence electrons. The van der Waals surface area contributed by atoms with E-state index in [2.05, 4.69) is 44.3 Å². The molecule has 0 aliphatic rings. The number of unbranched alkanes of at least 4 members (excludes halogenated alkanes) is 12. The van der Waals surface area contributed by atoms with Crippen molar-refractivity contribution in [1.82, 2.24) is 0 Å². The Labute approximate surface area is 188 Å². The van der Waals surface area contributed by atoms with E-state index in [0.29, 0.717) is 0 Å². The lowest BCUT2D eigenvalue weighted by Crippen LogP contribution is -2.39. The van der Waals surface area contributed by atoms with E-state index in [1.165, 1.54) is 114 Å². The third kappa shape index (κ3) is 29.8. The van der Waals surface area contributed by atoms with Gasteiger partial charge in [0, 0.05) is 0 Å². The average Bonchev–Trinajstić information content (AvgIpc) is 2.67. The number of allylic oxidation sites excluding steroid dienone is 2. The molecule has 0 radical (unpaired) electrons. The Kier molecular flexibility index (Phi) is 23.1. The van der Waals surface area contributed by atoms with Crippen LogP contribution in [-0.4, -0.2) is 51.2 Å². The van der Waals surface area contributed by atoms with Gasteiger partial charge < -0.3 is 9.04 Å². The van der Waals surface area contributed by atoms with Gasteiger partial charge >= 0.3 is 0 Å². The van der Waals surface area contributed by atoms with Crippen molar-refractivity contribution in [2.75, 3.05) is 33.8 Å². The molecule has 0 amide bonds. The zero-order chi connectivity index (χ0) is 23.1. The highest BCUT2D eigenvalue weighted by Gasteiger charge is 2.09. The van der Waals surface area contributed by atoms with E-state index in [1.54, 1.807) is 0 Å². The van der Waals surface area contributed by atoms with Crippen molar-refractivity contribution >= 4 is 10.4 Å². The zero-order valence-corrected chi connectivity index (χ0v) is 21.5. The van der Waals surface area contributed by atoms with Gasteiger partial charge in [-0.15, -0.1) is 0 Å². The molecule has 0 heterocycles. The Morgan fingerprint density at radius 3 is 1.53 bits per heavy atom. The number of hydrogen-bond donors (Lipinski definition) is 0. The minimum atomic E-state index is -4.42. The van der Waals surface area contributed by atoms with Gasteiger partial charge in [-0.05, 0) is 52.4 Å². The van der Waals surface area contributed by atoms with Crippen LogP contribution < -0.4 is 0 Å². The molecule has 0 fully saturated rings. The van der Waals surface area contributed by atoms with Crippen LogP contribution in [0.15, 0.2) is 12.2 Å². The summed E-state index contributed by atoms with van der Waals surface area (Å²) >= 11 is 0. The van der Waals surface area contributed by atoms with E-state index < -0.39 is 10.4 Å². The summed E-state index contributed by atoms with van der Waals surface area (Å²) in [4.78, 5) is 0. The first-order valence-electron chi connectivity index (χ1n) is 12.3. The summed E-state index contributed by atoms with van der Waals surface area (Å²) in [6, 6.07) is 0. The standard InChI is InChI=1S/C22H46N.C2H6O4S/c1-5-7-8-9-10-11-12-13-14-15-16-17-18-19-20-21-22-23(3,4)6-2;1-2-6-7(3,4)5/h13-14H,5-12,15-22H2,1-4H3;2H2,1H3,(H,3,4,5)/q+1;/p-1/b14-13+;. The molecule has 0 bridgehead atoms. The van der Waals surface area contributed by atoms with Crippen molar-refractivity contribution in [3.8, 4) is 0 Å². The Bertz CT molecular complexity index is 476. The Morgan fingerprint density at radius 1 is 0.733 bits per heavy atom. The molecule has 0 N–H and O–H groups in total. The molecule has 0 atom stereocenters. The van der Waals surface area contributed by atoms with Crippen LogP contribution in [0.25, 0.3) is 0 Å². The van der Waals surface area contributed by atoms with Crippen LogP contribution in [0.1, 0.15) is 111 Å². The van der Waals surface area contributed by atoms with Crippen molar-refractivity contribution in [1.29, 1.82) is 0 Å². The van der Waals surface area contributed by atoms with Gasteiger partial charge in [0.05, 0.1) is 33.8 Å². The first-order chi connectivity index (χ1) is 14.2. The van der Waals surface area contributed by atoms with Gasteiger partial charge in [0.15, 0.2) is 0 Å². The number of nitrogens with zero attached hydrogens (tertiary/aromatic N) is 1. The molecule has 0 saturated heterocycles. The fraction of sp³-hybridized carbons (Fsp3) is 0.917. The van der Waals surface area contributed by atoms with E-state index in [-0.39, 0.29) is 6.61 Å². The second-order valence-corrected chi connectivity index (χ2v) is 9.78. The third-order valence-corrected chi connectivity index (χ3v) is 5.92. The summed E-state index contributed by atoms with van der Waals surface area (Å²) in [5, 5.41) is 0. The highest BCUT2D eigenvalue weighted by Crippen LogP contribution is 2.10. The maximum atomic E-state index is 9.45. The van der Waals surface area contributed by atoms with E-state index in [9.17, 15) is 13.0 Å². The predicted molar refractivity (Wildman–Crippen MR) is 128 cm³/mol. The summed E-state index contributed by atoms with van der Waals surface area (Å²) < 4.78 is 33.2. The monoisotopic (exact) mass is 449 g/mol. The normalized spacial score (nSPS) is 12.2. The van der Waals surface area contributed by atoms with Crippen LogP contribution in [0.4, 0.5) is 0 Å². The molecule has 0 rings (SSSR count). The fourth-order valence-electron chi connectivity index (χ4n) is 3.09. The SMILES string of the molecule is CCCCCCCC/C=C/CCCCCCCC[N+](C)(C)CC.CCOS(=O)(=O)[O-]. The largest absolute Gasteiger partial charge is 0.726 e. The summed E-state index contributed by atoms with van der Waals surface area (Å²) in [5.41, 5.74) is 0. The van der Waals surface area contributed by atoms with Crippen LogP contribution in [0, 0.1) is 0 Å². The Balaban J connectivity index is 0. The van der Waals surface area contributed by atoms with Crippen molar-refractivity contribution in [3.05, 3.63) is 12.2 Å². The molecular formula is C24H51NO4S. The molecule has 0 aromatic heterocycles. The first-order valence-corrected chi connectivity index (χ1v) is 13.6. The quantitative estimate of drug-likeness (QED) is 0.0732. The van der Waals surface area contributed by atoms with Crippen molar-refractivity contribution < 1.29 is 21.6 Å². The van der Waals surface area contributed by atoms with Gasteiger partial charge in [-0.2, -0.15) is 0 Å². The van der Waals surface area contributed by atoms with Crippen molar-refractivity contribution in [2.45, 2.75) is 111 Å². The Hall–Kier alpha value is -0.430. The van der Waals surface area contributed by atoms with Crippen LogP contribution in [0.5, 0.6) is 0 Å². The lowest BCUT2D eigenvalue weighted by atomic mass is 10.1. The van der Waals surface area contributed by atoms with E-state index in [4.69, 9.17) is 0 Å². The highest BCUT2D eigenvalue weighted by atomic mass is 32.3. The molecule has 0 saturated carbocycles. The fourth-order valence-corrected chi connectivity index (χ4v) is 3.38. The highest BCUT2D eigenvalue weighted by molar-refractivity contribution is 7.80. The predicted octanol–water partition coefficient (Wildman–Crippen LogP) is 6.60. The van der Waals surface area contributed by atoms with Gasteiger partial charge in [0.25, 0.3) is 0 Å². The molecule has 0 aliphatic carbocycles. The maximum Gasteiger partial charge on any atom is 0.217 e. The molecule has 0 spiro atoms. The molecule has 6 heteroatoms. The van der Waals surface area contributed by atoms with Crippen LogP contribution in [0.3, 0.4) is 0 Å². The van der Waals surface area contributed by atoms with Crippen LogP contribution >= 0.6 is 0 Å². The first kappa shape index (κ1) is 31.8. The van der Waals surface area contributed by atoms with E-state index >= 15 is 0 Å². The van der Waals surface area contributed by atoms with E-state index in [1.807, 2.05) is 0 Å². The van der Waals surface area contributed by atoms with Gasteiger partial charge in [-0.1, -0.05) is 70.4 Å². The minimum Gasteiger partial charge on any atom is -0.726 e. The molecular weight excluding hydrogens is 398 g/mol. The summed E-state index contributed by atoms with van der Waals surface area (Å²) in [6.07, 6.45) is 24.4. The van der Waals surface area contributed by atoms with Crippen LogP contribution in [-0.2, 0) is 14.6 Å². The number of quaternary nitrogens is 1. The molecule has 0 aromatic rings. The van der Waals surface area contributed by atoms with Crippen LogP contribution in [0.2, 0.25) is 0 Å². The maximum absolute atomic E-state index is 9.45. The minimum absolute atomic E-state index is 0.0914. The van der Waals surface area contributed by atoms with Gasteiger partial charge in [-0.3, -0.25) is 4.18 Å². The smallest absolute Gasteiger partial charge is 0.217 e.